The van der Waals surface area contributed by atoms with Crippen LogP contribution in [0, 0.1) is 0 Å². The number of fused-ring (bicyclic) bond motifs is 1. The van der Waals surface area contributed by atoms with Gasteiger partial charge in [0.1, 0.15) is 12.0 Å². The van der Waals surface area contributed by atoms with Gasteiger partial charge in [0.15, 0.2) is 0 Å². The molecule has 0 bridgehead atoms. The zero-order chi connectivity index (χ0) is 15.1. The molecule has 112 valence electrons. The van der Waals surface area contributed by atoms with E-state index in [1.54, 1.807) is 11.1 Å². The van der Waals surface area contributed by atoms with Gasteiger partial charge in [-0.1, -0.05) is 35.9 Å². The zero-order valence-electron chi connectivity index (χ0n) is 12.0. The molecule has 4 rings (SSSR count). The predicted molar refractivity (Wildman–Crippen MR) is 85.6 cm³/mol. The van der Waals surface area contributed by atoms with Crippen molar-refractivity contribution in [2.75, 3.05) is 11.4 Å². The van der Waals surface area contributed by atoms with E-state index in [1.165, 1.54) is 0 Å². The topological polar surface area (TPSA) is 36.4 Å². The number of halogens is 1. The molecule has 5 heteroatoms. The molecular weight excluding hydrogens is 298 g/mol. The van der Waals surface area contributed by atoms with E-state index in [9.17, 15) is 4.79 Å². The van der Waals surface area contributed by atoms with Crippen LogP contribution in [-0.2, 0) is 4.79 Å². The van der Waals surface area contributed by atoms with Gasteiger partial charge in [-0.25, -0.2) is 4.98 Å². The minimum Gasteiger partial charge on any atom is -0.274 e. The minimum atomic E-state index is -0.163. The average molecular weight is 314 g/mol. The van der Waals surface area contributed by atoms with Crippen molar-refractivity contribution in [3.05, 3.63) is 59.2 Å². The van der Waals surface area contributed by atoms with E-state index in [4.69, 9.17) is 11.6 Å². The molecule has 2 aliphatic heterocycles. The minimum absolute atomic E-state index is 0.0525. The Balaban J connectivity index is 1.84. The molecule has 1 amide bonds. The lowest BCUT2D eigenvalue weighted by atomic mass is 10.1. The highest BCUT2D eigenvalue weighted by molar-refractivity contribution is 6.31. The largest absolute Gasteiger partial charge is 0.274 e. The summed E-state index contributed by atoms with van der Waals surface area (Å²) in [6.45, 7) is 0.912. The maximum absolute atomic E-state index is 12.9. The highest BCUT2D eigenvalue weighted by atomic mass is 35.5. The predicted octanol–water partition coefficient (Wildman–Crippen LogP) is 3.24. The van der Waals surface area contributed by atoms with Gasteiger partial charge in [-0.05, 0) is 31.0 Å². The third-order valence-electron chi connectivity index (χ3n) is 4.45. The lowest BCUT2D eigenvalue weighted by Crippen LogP contribution is -2.33. The lowest BCUT2D eigenvalue weighted by Gasteiger charge is -2.29. The molecule has 1 aromatic heterocycles. The first-order chi connectivity index (χ1) is 10.8. The number of pyridine rings is 1. The molecular formula is C17H16ClN3O. The van der Waals surface area contributed by atoms with Crippen LogP contribution in [0.25, 0.3) is 0 Å². The van der Waals surface area contributed by atoms with Crippen LogP contribution in [0.2, 0.25) is 5.02 Å². The van der Waals surface area contributed by atoms with E-state index in [-0.39, 0.29) is 18.1 Å². The van der Waals surface area contributed by atoms with E-state index < -0.39 is 0 Å². The van der Waals surface area contributed by atoms with Crippen LogP contribution in [0.4, 0.5) is 5.82 Å². The van der Waals surface area contributed by atoms with Crippen molar-refractivity contribution in [3.63, 3.8) is 0 Å². The summed E-state index contributed by atoms with van der Waals surface area (Å²) in [7, 11) is 0. The fraction of sp³-hybridized carbons (Fsp3) is 0.294. The Hall–Kier alpha value is -1.91. The molecule has 3 heterocycles. The summed E-state index contributed by atoms with van der Waals surface area (Å²) in [4.78, 5) is 21.3. The summed E-state index contributed by atoms with van der Waals surface area (Å²) in [5, 5.41) is 0.689. The molecule has 2 saturated heterocycles. The molecule has 0 N–H and O–H groups in total. The first-order valence-corrected chi connectivity index (χ1v) is 7.89. The van der Waals surface area contributed by atoms with Gasteiger partial charge in [0.25, 0.3) is 0 Å². The fourth-order valence-electron chi connectivity index (χ4n) is 3.51. The van der Waals surface area contributed by atoms with Gasteiger partial charge < -0.3 is 0 Å². The highest BCUT2D eigenvalue weighted by Crippen LogP contribution is 2.43. The second kappa shape index (κ2) is 5.38. The molecule has 22 heavy (non-hydrogen) atoms. The molecule has 2 atom stereocenters. The van der Waals surface area contributed by atoms with Crippen molar-refractivity contribution in [3.8, 4) is 0 Å². The lowest BCUT2D eigenvalue weighted by molar-refractivity contribution is -0.119. The van der Waals surface area contributed by atoms with Gasteiger partial charge in [-0.3, -0.25) is 14.6 Å². The van der Waals surface area contributed by atoms with E-state index in [0.29, 0.717) is 10.8 Å². The normalized spacial score (nSPS) is 24.8. The molecule has 0 radical (unpaired) electrons. The molecule has 0 spiro atoms. The summed E-state index contributed by atoms with van der Waals surface area (Å²) >= 11 is 6.41. The van der Waals surface area contributed by atoms with Crippen molar-refractivity contribution in [1.29, 1.82) is 0 Å². The number of carbonyl (C=O) groups excluding carboxylic acids is 1. The van der Waals surface area contributed by atoms with Gasteiger partial charge in [0, 0.05) is 23.3 Å². The highest BCUT2D eigenvalue weighted by Gasteiger charge is 2.50. The molecule has 2 fully saturated rings. The zero-order valence-corrected chi connectivity index (χ0v) is 12.8. The van der Waals surface area contributed by atoms with E-state index in [0.717, 1.165) is 24.9 Å². The van der Waals surface area contributed by atoms with Crippen LogP contribution in [0.5, 0.6) is 0 Å². The number of hydrogen-bond acceptors (Lipinski definition) is 3. The van der Waals surface area contributed by atoms with Gasteiger partial charge in [0.05, 0.1) is 6.04 Å². The average Bonchev–Trinajstić information content (AvgIpc) is 3.11. The number of hydrogen-bond donors (Lipinski definition) is 0. The first kappa shape index (κ1) is 13.7. The van der Waals surface area contributed by atoms with Crippen molar-refractivity contribution >= 4 is 23.3 Å². The van der Waals surface area contributed by atoms with Gasteiger partial charge in [-0.2, -0.15) is 0 Å². The first-order valence-electron chi connectivity index (χ1n) is 7.51. The molecule has 2 aliphatic rings. The van der Waals surface area contributed by atoms with E-state index in [1.807, 2.05) is 42.5 Å². The Morgan fingerprint density at radius 1 is 1.14 bits per heavy atom. The third-order valence-corrected chi connectivity index (χ3v) is 4.80. The number of carbonyl (C=O) groups is 1. The number of benzene rings is 1. The fourth-order valence-corrected chi connectivity index (χ4v) is 3.75. The van der Waals surface area contributed by atoms with E-state index in [2.05, 4.69) is 9.88 Å². The second-order valence-corrected chi connectivity index (χ2v) is 6.09. The summed E-state index contributed by atoms with van der Waals surface area (Å²) in [6.07, 6.45) is 3.51. The van der Waals surface area contributed by atoms with Crippen LogP contribution < -0.4 is 4.90 Å². The number of aromatic nitrogens is 1. The van der Waals surface area contributed by atoms with Crippen molar-refractivity contribution in [2.45, 2.75) is 25.0 Å². The standard InChI is InChI=1S/C17H16ClN3O/c18-13-7-2-1-6-12(13)16-20-11-5-8-14(20)17(22)21(16)15-9-3-4-10-19-15/h1-4,6-7,9-10,14,16H,5,8,11H2/t14-,16+/m0/s1. The Labute approximate surface area is 134 Å². The van der Waals surface area contributed by atoms with Crippen LogP contribution in [0.15, 0.2) is 48.7 Å². The van der Waals surface area contributed by atoms with Crippen LogP contribution >= 0.6 is 11.6 Å². The maximum Gasteiger partial charge on any atom is 0.247 e. The quantitative estimate of drug-likeness (QED) is 0.854. The Bertz CT molecular complexity index is 706. The molecule has 0 saturated carbocycles. The summed E-state index contributed by atoms with van der Waals surface area (Å²) in [5.74, 6) is 0.813. The summed E-state index contributed by atoms with van der Waals surface area (Å²) < 4.78 is 0. The van der Waals surface area contributed by atoms with Crippen LogP contribution in [-0.4, -0.2) is 28.4 Å². The van der Waals surface area contributed by atoms with E-state index >= 15 is 0 Å². The Morgan fingerprint density at radius 3 is 2.73 bits per heavy atom. The monoisotopic (exact) mass is 313 g/mol. The number of nitrogens with zero attached hydrogens (tertiary/aromatic N) is 3. The van der Waals surface area contributed by atoms with Crippen molar-refractivity contribution in [1.82, 2.24) is 9.88 Å². The van der Waals surface area contributed by atoms with Crippen LogP contribution in [0.3, 0.4) is 0 Å². The number of rotatable bonds is 2. The Kier molecular flexibility index (Phi) is 3.36. The maximum atomic E-state index is 12.9. The van der Waals surface area contributed by atoms with Gasteiger partial charge in [0.2, 0.25) is 5.91 Å². The Morgan fingerprint density at radius 2 is 1.95 bits per heavy atom. The smallest absolute Gasteiger partial charge is 0.247 e. The summed E-state index contributed by atoms with van der Waals surface area (Å²) in [6, 6.07) is 13.3. The number of amides is 1. The molecule has 0 unspecified atom stereocenters. The van der Waals surface area contributed by atoms with Crippen LogP contribution in [0.1, 0.15) is 24.6 Å². The van der Waals surface area contributed by atoms with Gasteiger partial charge in [-0.15, -0.1) is 0 Å². The second-order valence-electron chi connectivity index (χ2n) is 5.69. The van der Waals surface area contributed by atoms with Gasteiger partial charge >= 0.3 is 0 Å². The van der Waals surface area contributed by atoms with Crippen molar-refractivity contribution in [2.24, 2.45) is 0 Å². The number of anilines is 1. The molecule has 0 aliphatic carbocycles. The molecule has 4 nitrogen and oxygen atoms in total. The third kappa shape index (κ3) is 2.02. The summed E-state index contributed by atoms with van der Waals surface area (Å²) in [5.41, 5.74) is 0.965. The molecule has 2 aromatic rings. The SMILES string of the molecule is O=C1[C@@H]2CCCN2[C@@H](c2ccccc2Cl)N1c1ccccn1. The molecule has 1 aromatic carbocycles. The van der Waals surface area contributed by atoms with Crippen molar-refractivity contribution < 1.29 is 4.79 Å².